The van der Waals surface area contributed by atoms with Crippen LogP contribution in [-0.4, -0.2) is 55.5 Å². The summed E-state index contributed by atoms with van der Waals surface area (Å²) < 4.78 is 101. The van der Waals surface area contributed by atoms with Crippen molar-refractivity contribution in [3.05, 3.63) is 23.2 Å². The molecule has 1 saturated heterocycles. The second kappa shape index (κ2) is 4.08. The average molecular weight is 326 g/mol. The van der Waals surface area contributed by atoms with Crippen LogP contribution in [0.25, 0.3) is 0 Å². The summed E-state index contributed by atoms with van der Waals surface area (Å²) in [7, 11) is -3.04. The smallest absolute Gasteiger partial charge is 0.211 e. The monoisotopic (exact) mass is 326 g/mol. The number of hydrogen-bond donors (Lipinski definition) is 1. The normalized spacial score (nSPS) is 55.0. The number of ether oxygens (including phenoxy) is 2. The summed E-state index contributed by atoms with van der Waals surface area (Å²) in [4.78, 5) is 14.1. The Morgan fingerprint density at radius 1 is 1.61 bits per heavy atom. The van der Waals surface area contributed by atoms with Crippen molar-refractivity contribution in [1.82, 2.24) is 4.90 Å². The van der Waals surface area contributed by atoms with Crippen LogP contribution < -0.4 is 9.47 Å². The lowest BCUT2D eigenvalue weighted by Crippen LogP contribution is -2.76. The fourth-order valence-electron chi connectivity index (χ4n) is 4.72. The first-order valence-electron chi connectivity index (χ1n) is 12.9. The number of likely N-dealkylation sites (N-methyl/N-ethyl adjacent to an activating group) is 1. The predicted octanol–water partition coefficient (Wildman–Crippen LogP) is 1.05. The van der Waals surface area contributed by atoms with Gasteiger partial charge in [-0.1, -0.05) is 6.04 Å². The van der Waals surface area contributed by atoms with E-state index in [4.69, 9.17) is 27.0 Å². The molecule has 2 heterocycles. The van der Waals surface area contributed by atoms with Gasteiger partial charge in [0, 0.05) is 22.1 Å². The quantitative estimate of drug-likeness (QED) is 0.880. The Bertz CT molecular complexity index is 1120. The lowest BCUT2D eigenvalue weighted by atomic mass is 9.49. The van der Waals surface area contributed by atoms with Crippen molar-refractivity contribution in [3.63, 3.8) is 0 Å². The molecule has 5 rings (SSSR count). The van der Waals surface area contributed by atoms with Crippen LogP contribution in [0.4, 0.5) is 0 Å². The van der Waals surface area contributed by atoms with Crippen LogP contribution in [0.5, 0.6) is 11.5 Å². The Morgan fingerprint density at radius 2 is 2.57 bits per heavy atom. The summed E-state index contributed by atoms with van der Waals surface area (Å²) in [6.07, 6.45) is -3.81. The fraction of sp³-hybridized carbons (Fsp3) is 0.611. The van der Waals surface area contributed by atoms with Gasteiger partial charge in [-0.3, -0.25) is 4.79 Å². The molecule has 5 nitrogen and oxygen atoms in total. The maximum absolute atomic E-state index is 13.2. The lowest BCUT2D eigenvalue weighted by molar-refractivity contribution is -0.185. The van der Waals surface area contributed by atoms with Gasteiger partial charge in [-0.15, -0.1) is 0 Å². The molecule has 5 heteroatoms. The van der Waals surface area contributed by atoms with E-state index >= 15 is 0 Å². The van der Waals surface area contributed by atoms with Crippen molar-refractivity contribution in [1.29, 1.82) is 1.43 Å². The van der Waals surface area contributed by atoms with Crippen LogP contribution in [0.1, 0.15) is 44.1 Å². The standard InChI is InChI=1S/C18H21NO4/c1-19-8-7-17-14-10-3-4-12(22-2)15(14)23-16(17)11(20)5-6-18(17,21)13(19)9-10/h3-4,13,16,21H,5-9H2,1-2H3/t13-,16?,17+,18-/m1/s1/i1D3,2D3,3D,4D,13D,16D,21D. The van der Waals surface area contributed by atoms with E-state index in [9.17, 15) is 7.54 Å². The molecular formula is C18H21NO4. The molecule has 2 aliphatic heterocycles. The number of carbonyl (C=O) groups is 1. The molecule has 2 bridgehead atoms. The molecule has 2 aliphatic carbocycles. The summed E-state index contributed by atoms with van der Waals surface area (Å²) >= 11 is 0. The minimum absolute atomic E-state index is 0.0154. The molecule has 1 saturated carbocycles. The van der Waals surface area contributed by atoms with Gasteiger partial charge in [0.05, 0.1) is 27.6 Å². The Hall–Kier alpha value is -1.59. The predicted molar refractivity (Wildman–Crippen MR) is 83.0 cm³/mol. The maximum atomic E-state index is 13.2. The molecule has 1 aromatic rings. The van der Waals surface area contributed by atoms with E-state index in [1.54, 1.807) is 0 Å². The number of likely N-dealkylation sites (tertiary alicyclic amines) is 1. The minimum Gasteiger partial charge on any atom is -0.493 e. The third-order valence-electron chi connectivity index (χ3n) is 5.68. The van der Waals surface area contributed by atoms with Crippen molar-refractivity contribution < 1.29 is 33.1 Å². The molecule has 0 amide bonds. The van der Waals surface area contributed by atoms with E-state index in [0.29, 0.717) is 0 Å². The summed E-state index contributed by atoms with van der Waals surface area (Å²) in [5.41, 5.74) is -3.91. The van der Waals surface area contributed by atoms with Crippen LogP contribution in [0.2, 0.25) is 0 Å². The molecule has 4 aliphatic rings. The molecule has 1 spiro atoms. The average Bonchev–Trinajstić information content (AvgIpc) is 2.97. The van der Waals surface area contributed by atoms with Crippen molar-refractivity contribution in [2.45, 2.75) is 48.8 Å². The Kier molecular flexibility index (Phi) is 1.19. The highest BCUT2D eigenvalue weighted by Gasteiger charge is 2.72. The van der Waals surface area contributed by atoms with E-state index in [0.717, 1.165) is 4.90 Å². The number of ketones is 1. The summed E-state index contributed by atoms with van der Waals surface area (Å²) in [6, 6.07) is -3.42. The van der Waals surface area contributed by atoms with Gasteiger partial charge in [-0.05, 0) is 44.4 Å². The molecule has 4 atom stereocenters. The van der Waals surface area contributed by atoms with E-state index in [-0.39, 0.29) is 42.7 Å². The highest BCUT2D eigenvalue weighted by Crippen LogP contribution is 2.64. The number of hydrogen-bond acceptors (Lipinski definition) is 5. The van der Waals surface area contributed by atoms with E-state index in [2.05, 4.69) is 0 Å². The van der Waals surface area contributed by atoms with Crippen LogP contribution in [0.3, 0.4) is 0 Å². The van der Waals surface area contributed by atoms with Gasteiger partial charge >= 0.3 is 0 Å². The zero-order valence-electron chi connectivity index (χ0n) is 23.1. The lowest BCUT2D eigenvalue weighted by Gasteiger charge is -2.62. The number of Topliss-reactive ketones (excluding diaryl/α,β-unsaturated/α-hetero) is 1. The fourth-order valence-corrected chi connectivity index (χ4v) is 4.72. The number of benzene rings is 1. The number of piperidine rings is 1. The number of methoxy groups -OCH3 is 1. The van der Waals surface area contributed by atoms with Crippen LogP contribution in [0, 0.1) is 0 Å². The molecule has 1 aromatic carbocycles. The third-order valence-corrected chi connectivity index (χ3v) is 5.68. The van der Waals surface area contributed by atoms with Gasteiger partial charge in [0.25, 0.3) is 0 Å². The van der Waals surface area contributed by atoms with E-state index in [1.807, 2.05) is 0 Å². The van der Waals surface area contributed by atoms with Crippen LogP contribution in [0.15, 0.2) is 12.1 Å². The molecule has 0 aromatic heterocycles. The maximum Gasteiger partial charge on any atom is 0.211 e. The van der Waals surface area contributed by atoms with Crippen LogP contribution >= 0.6 is 0 Å². The second-order valence-electron chi connectivity index (χ2n) is 6.48. The third kappa shape index (κ3) is 1.32. The SMILES string of the molecule is [2H]O[C@@]12CCC(=O)C3([2H])Oc4c(OC([2H])([2H])[2H])c([2H])c([2H])c5c4[C@@]31CCN(C([2H])([2H])[2H])[C@]2([2H])C5. The van der Waals surface area contributed by atoms with E-state index < -0.39 is 67.2 Å². The van der Waals surface area contributed by atoms with Gasteiger partial charge in [-0.2, -0.15) is 0 Å². The van der Waals surface area contributed by atoms with Gasteiger partial charge in [0.2, 0.25) is 1.43 Å². The zero-order chi connectivity index (χ0) is 25.3. The summed E-state index contributed by atoms with van der Waals surface area (Å²) in [5.74, 6) is -1.73. The first kappa shape index (κ1) is 6.73. The Morgan fingerprint density at radius 3 is 3.39 bits per heavy atom. The number of nitrogens with zero attached hydrogens (tertiary/aromatic N) is 1. The summed E-state index contributed by atoms with van der Waals surface area (Å²) in [5, 5.41) is 5.21. The topological polar surface area (TPSA) is 59.0 Å². The zero-order valence-corrected chi connectivity index (χ0v) is 12.1. The van der Waals surface area contributed by atoms with Crippen molar-refractivity contribution in [3.8, 4) is 11.5 Å². The number of carbonyl (C=O) groups excluding carboxylic acids is 1. The molecule has 1 N–H and O–H groups in total. The highest BCUT2D eigenvalue weighted by atomic mass is 16.5. The van der Waals surface area contributed by atoms with Crippen molar-refractivity contribution in [2.75, 3.05) is 20.6 Å². The van der Waals surface area contributed by atoms with E-state index in [1.165, 1.54) is 0 Å². The molecule has 0 radical (unpaired) electrons. The molecular weight excluding hydrogens is 294 g/mol. The molecule has 1 unspecified atom stereocenters. The Labute approximate surface area is 150 Å². The first-order chi connectivity index (χ1) is 15.5. The second-order valence-corrected chi connectivity index (χ2v) is 6.48. The number of rotatable bonds is 2. The van der Waals surface area contributed by atoms with Gasteiger partial charge in [-0.25, -0.2) is 0 Å². The van der Waals surface area contributed by atoms with Gasteiger partial charge < -0.3 is 19.5 Å². The van der Waals surface area contributed by atoms with Gasteiger partial charge in [0.15, 0.2) is 23.4 Å². The first-order valence-corrected chi connectivity index (χ1v) is 7.51. The number of aliphatic hydroxyl groups is 1. The molecule has 23 heavy (non-hydrogen) atoms. The summed E-state index contributed by atoms with van der Waals surface area (Å²) in [6.45, 7) is -3.07. The van der Waals surface area contributed by atoms with Gasteiger partial charge in [0.1, 0.15) is 0 Å². The van der Waals surface area contributed by atoms with Crippen LogP contribution in [-0.2, 0) is 16.6 Å². The van der Waals surface area contributed by atoms with Crippen molar-refractivity contribution in [2.24, 2.45) is 0 Å². The van der Waals surface area contributed by atoms with Crippen molar-refractivity contribution >= 4 is 5.78 Å². The Balaban J connectivity index is 1.93. The largest absolute Gasteiger partial charge is 0.493 e. The molecule has 2 fully saturated rings. The molecule has 122 valence electrons. The minimum atomic E-state index is -3.04. The highest BCUT2D eigenvalue weighted by molar-refractivity contribution is 5.90.